The molecular formula is C12H18N2O3. The summed E-state index contributed by atoms with van der Waals surface area (Å²) >= 11 is 0. The summed E-state index contributed by atoms with van der Waals surface area (Å²) in [7, 11) is 1.66. The fourth-order valence-corrected chi connectivity index (χ4v) is 1.68. The number of hydrogen-bond donors (Lipinski definition) is 2. The highest BCUT2D eigenvalue weighted by atomic mass is 16.5. The molecule has 5 nitrogen and oxygen atoms in total. The van der Waals surface area contributed by atoms with Crippen molar-refractivity contribution in [3.8, 4) is 5.75 Å². The van der Waals surface area contributed by atoms with Crippen molar-refractivity contribution in [2.45, 2.75) is 6.10 Å². The van der Waals surface area contributed by atoms with Crippen molar-refractivity contribution in [3.63, 3.8) is 0 Å². The van der Waals surface area contributed by atoms with Gasteiger partial charge in [0.05, 0.1) is 18.9 Å². The van der Waals surface area contributed by atoms with Crippen molar-refractivity contribution in [3.05, 3.63) is 18.2 Å². The molecule has 0 amide bonds. The van der Waals surface area contributed by atoms with Crippen molar-refractivity contribution in [1.82, 2.24) is 0 Å². The molecule has 17 heavy (non-hydrogen) atoms. The number of methoxy groups -OCH3 is 1. The first kappa shape index (κ1) is 12.0. The topological polar surface area (TPSA) is 65.7 Å². The summed E-state index contributed by atoms with van der Waals surface area (Å²) < 4.78 is 16.2. The van der Waals surface area contributed by atoms with Crippen LogP contribution in [-0.2, 0) is 9.47 Å². The van der Waals surface area contributed by atoms with E-state index >= 15 is 0 Å². The van der Waals surface area contributed by atoms with Gasteiger partial charge in [0.25, 0.3) is 0 Å². The molecule has 0 aliphatic carbocycles. The number of nitrogens with one attached hydrogen (secondary N) is 1. The third-order valence-electron chi connectivity index (χ3n) is 2.59. The largest absolute Gasteiger partial charge is 0.489 e. The van der Waals surface area contributed by atoms with Gasteiger partial charge in [-0.25, -0.2) is 0 Å². The minimum Gasteiger partial charge on any atom is -0.489 e. The van der Waals surface area contributed by atoms with Crippen molar-refractivity contribution >= 4 is 11.4 Å². The maximum atomic E-state index is 5.72. The Kier molecular flexibility index (Phi) is 4.06. The molecular weight excluding hydrogens is 220 g/mol. The van der Waals surface area contributed by atoms with Crippen molar-refractivity contribution in [2.24, 2.45) is 0 Å². The van der Waals surface area contributed by atoms with Gasteiger partial charge in [-0.05, 0) is 18.2 Å². The quantitative estimate of drug-likeness (QED) is 0.607. The molecule has 5 heteroatoms. The standard InChI is InChI=1S/C12H18N2O3/c1-15-4-5-16-10-7-14-11-6-9(13)2-3-12(11)17-8-10/h2-3,6,10,14H,4-5,7-8,13H2,1H3/t10-/m1/s1. The Hall–Kier alpha value is -1.46. The summed E-state index contributed by atoms with van der Waals surface area (Å²) in [5.41, 5.74) is 7.36. The molecule has 0 fully saturated rings. The minimum absolute atomic E-state index is 0.0266. The number of hydrogen-bond acceptors (Lipinski definition) is 5. The van der Waals surface area contributed by atoms with Crippen LogP contribution in [-0.4, -0.2) is 39.6 Å². The Labute approximate surface area is 101 Å². The van der Waals surface area contributed by atoms with Crippen LogP contribution in [0.25, 0.3) is 0 Å². The Bertz CT molecular complexity index is 371. The van der Waals surface area contributed by atoms with Gasteiger partial charge in [-0.15, -0.1) is 0 Å². The van der Waals surface area contributed by atoms with Gasteiger partial charge in [-0.3, -0.25) is 0 Å². The number of anilines is 2. The summed E-state index contributed by atoms with van der Waals surface area (Å²) in [4.78, 5) is 0. The van der Waals surface area contributed by atoms with E-state index in [0.717, 1.165) is 17.1 Å². The lowest BCUT2D eigenvalue weighted by atomic mass is 10.2. The van der Waals surface area contributed by atoms with E-state index in [4.69, 9.17) is 19.9 Å². The third-order valence-corrected chi connectivity index (χ3v) is 2.59. The minimum atomic E-state index is 0.0266. The predicted octanol–water partition coefficient (Wildman–Crippen LogP) is 1.10. The highest BCUT2D eigenvalue weighted by Gasteiger charge is 2.16. The van der Waals surface area contributed by atoms with Gasteiger partial charge < -0.3 is 25.3 Å². The molecule has 94 valence electrons. The van der Waals surface area contributed by atoms with E-state index in [2.05, 4.69) is 5.32 Å². The Morgan fingerprint density at radius 3 is 3.18 bits per heavy atom. The molecule has 1 aliphatic rings. The molecule has 1 aromatic carbocycles. The summed E-state index contributed by atoms with van der Waals surface area (Å²) in [5.74, 6) is 0.817. The van der Waals surface area contributed by atoms with Gasteiger partial charge in [0, 0.05) is 19.3 Å². The van der Waals surface area contributed by atoms with Crippen LogP contribution in [0.2, 0.25) is 0 Å². The number of ether oxygens (including phenoxy) is 3. The highest BCUT2D eigenvalue weighted by molar-refractivity contribution is 5.63. The molecule has 0 saturated carbocycles. The summed E-state index contributed by atoms with van der Waals surface area (Å²) in [5, 5.41) is 3.27. The predicted molar refractivity (Wildman–Crippen MR) is 66.5 cm³/mol. The second kappa shape index (κ2) is 5.75. The van der Waals surface area contributed by atoms with E-state index in [-0.39, 0.29) is 6.10 Å². The number of benzene rings is 1. The smallest absolute Gasteiger partial charge is 0.142 e. The third kappa shape index (κ3) is 3.25. The van der Waals surface area contributed by atoms with Gasteiger partial charge in [0.2, 0.25) is 0 Å². The van der Waals surface area contributed by atoms with Gasteiger partial charge in [0.1, 0.15) is 18.5 Å². The molecule has 1 atom stereocenters. The molecule has 1 aliphatic heterocycles. The lowest BCUT2D eigenvalue weighted by molar-refractivity contribution is 0.00342. The van der Waals surface area contributed by atoms with Crippen LogP contribution in [0.15, 0.2) is 18.2 Å². The number of nitrogens with two attached hydrogens (primary N) is 1. The van der Waals surface area contributed by atoms with Crippen LogP contribution in [0.3, 0.4) is 0 Å². The van der Waals surface area contributed by atoms with Crippen LogP contribution in [0.5, 0.6) is 5.75 Å². The Morgan fingerprint density at radius 2 is 2.35 bits per heavy atom. The van der Waals surface area contributed by atoms with E-state index in [0.29, 0.717) is 26.4 Å². The first-order valence-electron chi connectivity index (χ1n) is 5.66. The average Bonchev–Trinajstić information content (AvgIpc) is 2.52. The summed E-state index contributed by atoms with van der Waals surface area (Å²) in [6.45, 7) is 2.41. The zero-order valence-electron chi connectivity index (χ0n) is 9.94. The highest BCUT2D eigenvalue weighted by Crippen LogP contribution is 2.28. The second-order valence-electron chi connectivity index (χ2n) is 3.93. The van der Waals surface area contributed by atoms with E-state index in [1.807, 2.05) is 18.2 Å². The molecule has 1 heterocycles. The number of fused-ring (bicyclic) bond motifs is 1. The monoisotopic (exact) mass is 238 g/mol. The van der Waals surface area contributed by atoms with Crippen LogP contribution in [0, 0.1) is 0 Å². The van der Waals surface area contributed by atoms with Gasteiger partial charge in [0.15, 0.2) is 0 Å². The fraction of sp³-hybridized carbons (Fsp3) is 0.500. The fourth-order valence-electron chi connectivity index (χ4n) is 1.68. The molecule has 0 radical (unpaired) electrons. The van der Waals surface area contributed by atoms with Gasteiger partial charge >= 0.3 is 0 Å². The van der Waals surface area contributed by atoms with Crippen molar-refractivity contribution < 1.29 is 14.2 Å². The zero-order valence-corrected chi connectivity index (χ0v) is 9.94. The zero-order chi connectivity index (χ0) is 12.1. The van der Waals surface area contributed by atoms with Crippen molar-refractivity contribution in [2.75, 3.05) is 44.5 Å². The molecule has 3 N–H and O–H groups in total. The van der Waals surface area contributed by atoms with E-state index < -0.39 is 0 Å². The molecule has 0 aromatic heterocycles. The average molecular weight is 238 g/mol. The van der Waals surface area contributed by atoms with Gasteiger partial charge in [-0.2, -0.15) is 0 Å². The van der Waals surface area contributed by atoms with Crippen LogP contribution in [0.4, 0.5) is 11.4 Å². The lowest BCUT2D eigenvalue weighted by Gasteiger charge is -2.14. The van der Waals surface area contributed by atoms with E-state index in [9.17, 15) is 0 Å². The van der Waals surface area contributed by atoms with Crippen LogP contribution >= 0.6 is 0 Å². The Balaban J connectivity index is 1.92. The van der Waals surface area contributed by atoms with E-state index in [1.54, 1.807) is 7.11 Å². The first-order chi connectivity index (χ1) is 8.29. The number of rotatable bonds is 4. The Morgan fingerprint density at radius 1 is 1.47 bits per heavy atom. The molecule has 0 spiro atoms. The summed E-state index contributed by atoms with van der Waals surface area (Å²) in [6.07, 6.45) is 0.0266. The lowest BCUT2D eigenvalue weighted by Crippen LogP contribution is -2.28. The molecule has 2 rings (SSSR count). The van der Waals surface area contributed by atoms with E-state index in [1.165, 1.54) is 0 Å². The van der Waals surface area contributed by atoms with Gasteiger partial charge in [-0.1, -0.05) is 0 Å². The first-order valence-corrected chi connectivity index (χ1v) is 5.66. The normalized spacial score (nSPS) is 18.8. The van der Waals surface area contributed by atoms with Crippen molar-refractivity contribution in [1.29, 1.82) is 0 Å². The summed E-state index contributed by atoms with van der Waals surface area (Å²) in [6, 6.07) is 5.56. The maximum absolute atomic E-state index is 5.72. The second-order valence-corrected chi connectivity index (χ2v) is 3.93. The molecule has 0 bridgehead atoms. The maximum Gasteiger partial charge on any atom is 0.142 e. The molecule has 0 saturated heterocycles. The number of nitrogen functional groups attached to an aromatic ring is 1. The molecule has 1 aromatic rings. The SMILES string of the molecule is COCCO[C@@H]1CNc2cc(N)ccc2OC1. The van der Waals surface area contributed by atoms with Crippen LogP contribution in [0.1, 0.15) is 0 Å². The molecule has 0 unspecified atom stereocenters. The van der Waals surface area contributed by atoms with Crippen LogP contribution < -0.4 is 15.8 Å².